The highest BCUT2D eigenvalue weighted by Crippen LogP contribution is 2.29. The zero-order valence-corrected chi connectivity index (χ0v) is 15.2. The van der Waals surface area contributed by atoms with Crippen LogP contribution in [0, 0.1) is 5.92 Å². The molecule has 1 N–H and O–H groups in total. The van der Waals surface area contributed by atoms with Crippen LogP contribution in [0.1, 0.15) is 59.2 Å². The van der Waals surface area contributed by atoms with E-state index >= 15 is 0 Å². The van der Waals surface area contributed by atoms with Crippen LogP contribution in [0.5, 0.6) is 0 Å². The molecule has 0 saturated heterocycles. The van der Waals surface area contributed by atoms with Crippen molar-refractivity contribution in [2.75, 3.05) is 19.6 Å². The average molecular weight is 350 g/mol. The molecule has 4 nitrogen and oxygen atoms in total. The Balaban J connectivity index is 1.37. The van der Waals surface area contributed by atoms with E-state index < -0.39 is 0 Å². The lowest BCUT2D eigenvalue weighted by Gasteiger charge is -2.27. The van der Waals surface area contributed by atoms with Gasteiger partial charge in [-0.15, -0.1) is 0 Å². The van der Waals surface area contributed by atoms with Crippen molar-refractivity contribution < 1.29 is 9.59 Å². The van der Waals surface area contributed by atoms with E-state index in [9.17, 15) is 9.59 Å². The molecule has 0 atom stereocenters. The molecule has 26 heavy (non-hydrogen) atoms. The van der Waals surface area contributed by atoms with E-state index in [2.05, 4.69) is 5.32 Å². The van der Waals surface area contributed by atoms with Gasteiger partial charge in [0.15, 0.2) is 0 Å². The van der Waals surface area contributed by atoms with Crippen LogP contribution in [-0.4, -0.2) is 36.3 Å². The summed E-state index contributed by atoms with van der Waals surface area (Å²) in [5.74, 6) is 0.501. The fourth-order valence-corrected chi connectivity index (χ4v) is 4.38. The standard InChI is InChI=1S/C22H26N2O2/c25-21-18-10-4-8-17-9-5-11-19(20(17)18)22(26)24(21)15-14-23-13-12-16-6-2-1-3-7-16/h4-5,8-11,16,23H,1-3,6-7,12-15H2. The van der Waals surface area contributed by atoms with Crippen molar-refractivity contribution in [1.29, 1.82) is 0 Å². The molecule has 1 aliphatic heterocycles. The zero-order chi connectivity index (χ0) is 17.9. The molecule has 136 valence electrons. The van der Waals surface area contributed by atoms with Gasteiger partial charge < -0.3 is 5.32 Å². The van der Waals surface area contributed by atoms with Gasteiger partial charge >= 0.3 is 0 Å². The summed E-state index contributed by atoms with van der Waals surface area (Å²) in [6, 6.07) is 11.3. The van der Waals surface area contributed by atoms with E-state index in [-0.39, 0.29) is 11.8 Å². The predicted molar refractivity (Wildman–Crippen MR) is 103 cm³/mol. The van der Waals surface area contributed by atoms with E-state index in [0.717, 1.165) is 23.2 Å². The predicted octanol–water partition coefficient (Wildman–Crippen LogP) is 4.00. The molecule has 4 rings (SSSR count). The summed E-state index contributed by atoms with van der Waals surface area (Å²) in [7, 11) is 0. The van der Waals surface area contributed by atoms with Crippen LogP contribution in [0.3, 0.4) is 0 Å². The van der Waals surface area contributed by atoms with Crippen LogP contribution >= 0.6 is 0 Å². The van der Waals surface area contributed by atoms with Crippen molar-refractivity contribution in [1.82, 2.24) is 10.2 Å². The van der Waals surface area contributed by atoms with Gasteiger partial charge in [-0.25, -0.2) is 0 Å². The molecule has 1 heterocycles. The fourth-order valence-electron chi connectivity index (χ4n) is 4.38. The summed E-state index contributed by atoms with van der Waals surface area (Å²) in [5.41, 5.74) is 1.28. The number of carbonyl (C=O) groups is 2. The van der Waals surface area contributed by atoms with Crippen molar-refractivity contribution >= 4 is 22.6 Å². The van der Waals surface area contributed by atoms with Gasteiger partial charge in [-0.1, -0.05) is 56.4 Å². The summed E-state index contributed by atoms with van der Waals surface area (Å²) < 4.78 is 0. The van der Waals surface area contributed by atoms with Gasteiger partial charge in [0.2, 0.25) is 0 Å². The highest BCUT2D eigenvalue weighted by molar-refractivity contribution is 6.25. The summed E-state index contributed by atoms with van der Waals surface area (Å²) in [5, 5.41) is 5.17. The SMILES string of the molecule is O=C1c2cccc3cccc(c23)C(=O)N1CCNCCC1CCCCC1. The van der Waals surface area contributed by atoms with Gasteiger partial charge in [0.1, 0.15) is 0 Å². The fraction of sp³-hybridized carbons (Fsp3) is 0.455. The average Bonchev–Trinajstić information content (AvgIpc) is 2.69. The number of amides is 2. The molecule has 1 fully saturated rings. The summed E-state index contributed by atoms with van der Waals surface area (Å²) in [4.78, 5) is 27.0. The van der Waals surface area contributed by atoms with Gasteiger partial charge in [-0.05, 0) is 36.4 Å². The van der Waals surface area contributed by atoms with Crippen molar-refractivity contribution in [3.05, 3.63) is 47.5 Å². The second-order valence-corrected chi connectivity index (χ2v) is 7.51. The van der Waals surface area contributed by atoms with Gasteiger partial charge in [0, 0.05) is 29.6 Å². The Morgan fingerprint density at radius 3 is 2.19 bits per heavy atom. The van der Waals surface area contributed by atoms with Crippen molar-refractivity contribution in [2.45, 2.75) is 38.5 Å². The summed E-state index contributed by atoms with van der Waals surface area (Å²) in [6.45, 7) is 2.04. The van der Waals surface area contributed by atoms with Crippen LogP contribution < -0.4 is 5.32 Å². The van der Waals surface area contributed by atoms with Gasteiger partial charge in [0.25, 0.3) is 11.8 Å². The summed E-state index contributed by atoms with van der Waals surface area (Å²) >= 11 is 0. The van der Waals surface area contributed by atoms with Crippen LogP contribution in [0.2, 0.25) is 0 Å². The molecule has 0 unspecified atom stereocenters. The van der Waals surface area contributed by atoms with Crippen LogP contribution in [0.25, 0.3) is 10.8 Å². The summed E-state index contributed by atoms with van der Waals surface area (Å²) in [6.07, 6.45) is 8.03. The Hall–Kier alpha value is -2.20. The maximum absolute atomic E-state index is 12.8. The van der Waals surface area contributed by atoms with E-state index in [1.807, 2.05) is 36.4 Å². The minimum atomic E-state index is -0.173. The van der Waals surface area contributed by atoms with E-state index in [1.54, 1.807) is 0 Å². The van der Waals surface area contributed by atoms with Gasteiger partial charge in [0.05, 0.1) is 0 Å². The first-order valence-electron chi connectivity index (χ1n) is 9.84. The first-order valence-corrected chi connectivity index (χ1v) is 9.84. The molecule has 2 aromatic carbocycles. The highest BCUT2D eigenvalue weighted by atomic mass is 16.2. The third-order valence-electron chi connectivity index (χ3n) is 5.82. The first-order chi connectivity index (χ1) is 12.8. The van der Waals surface area contributed by atoms with Gasteiger partial charge in [-0.3, -0.25) is 14.5 Å². The topological polar surface area (TPSA) is 49.4 Å². The van der Waals surface area contributed by atoms with Crippen LogP contribution in [-0.2, 0) is 0 Å². The lowest BCUT2D eigenvalue weighted by atomic mass is 9.87. The second kappa shape index (κ2) is 7.58. The van der Waals surface area contributed by atoms with Gasteiger partial charge in [-0.2, -0.15) is 0 Å². The minimum Gasteiger partial charge on any atom is -0.315 e. The molecule has 0 spiro atoms. The minimum absolute atomic E-state index is 0.173. The Morgan fingerprint density at radius 1 is 0.885 bits per heavy atom. The lowest BCUT2D eigenvalue weighted by Crippen LogP contribution is -2.44. The maximum atomic E-state index is 12.8. The lowest BCUT2D eigenvalue weighted by molar-refractivity contribution is 0.0612. The Kier molecular flexibility index (Phi) is 5.02. The molecule has 4 heteroatoms. The van der Waals surface area contributed by atoms with E-state index in [0.29, 0.717) is 24.2 Å². The molecule has 0 bridgehead atoms. The van der Waals surface area contributed by atoms with E-state index in [1.165, 1.54) is 43.4 Å². The number of benzene rings is 2. The molecule has 1 aliphatic carbocycles. The molecule has 2 aromatic rings. The molecular weight excluding hydrogens is 324 g/mol. The second-order valence-electron chi connectivity index (χ2n) is 7.51. The van der Waals surface area contributed by atoms with E-state index in [4.69, 9.17) is 0 Å². The maximum Gasteiger partial charge on any atom is 0.261 e. The smallest absolute Gasteiger partial charge is 0.261 e. The molecule has 0 aromatic heterocycles. The van der Waals surface area contributed by atoms with Crippen LogP contribution in [0.15, 0.2) is 36.4 Å². The number of nitrogens with zero attached hydrogens (tertiary/aromatic N) is 1. The number of nitrogens with one attached hydrogen (secondary N) is 1. The molecule has 2 amide bonds. The first kappa shape index (κ1) is 17.2. The molecular formula is C22H26N2O2. The van der Waals surface area contributed by atoms with Crippen molar-refractivity contribution in [2.24, 2.45) is 5.92 Å². The number of rotatable bonds is 6. The number of carbonyl (C=O) groups excluding carboxylic acids is 2. The van der Waals surface area contributed by atoms with Crippen molar-refractivity contribution in [3.8, 4) is 0 Å². The monoisotopic (exact) mass is 350 g/mol. The quantitative estimate of drug-likeness (QED) is 0.633. The van der Waals surface area contributed by atoms with Crippen molar-refractivity contribution in [3.63, 3.8) is 0 Å². The Bertz CT molecular complexity index is 773. The van der Waals surface area contributed by atoms with Crippen LogP contribution in [0.4, 0.5) is 0 Å². The molecule has 0 radical (unpaired) electrons. The third-order valence-corrected chi connectivity index (χ3v) is 5.82. The normalized spacial score (nSPS) is 17.9. The highest BCUT2D eigenvalue weighted by Gasteiger charge is 2.32. The zero-order valence-electron chi connectivity index (χ0n) is 15.2. The molecule has 1 saturated carbocycles. The number of imide groups is 1. The number of hydrogen-bond donors (Lipinski definition) is 1. The third kappa shape index (κ3) is 3.26. The Morgan fingerprint density at radius 2 is 1.54 bits per heavy atom. The molecule has 2 aliphatic rings. The number of hydrogen-bond acceptors (Lipinski definition) is 3. The Labute approximate surface area is 154 Å². The largest absolute Gasteiger partial charge is 0.315 e.